The second kappa shape index (κ2) is 11.3. The maximum absolute atomic E-state index is 6.35. The lowest BCUT2D eigenvalue weighted by Crippen LogP contribution is -2.41. The summed E-state index contributed by atoms with van der Waals surface area (Å²) in [7, 11) is -0.409. The molecule has 8 rings (SSSR count). The molecule has 47 heavy (non-hydrogen) atoms. The first-order valence-electron chi connectivity index (χ1n) is 16.2. The van der Waals surface area contributed by atoms with Gasteiger partial charge in [-0.15, -0.1) is 0 Å². The summed E-state index contributed by atoms with van der Waals surface area (Å²) in [5.74, 6) is 0. The van der Waals surface area contributed by atoms with Crippen LogP contribution < -0.4 is 10.4 Å². The van der Waals surface area contributed by atoms with Crippen LogP contribution in [0.15, 0.2) is 150 Å². The lowest BCUT2D eigenvalue weighted by atomic mass is 9.79. The van der Waals surface area contributed by atoms with E-state index in [2.05, 4.69) is 160 Å². The summed E-state index contributed by atoms with van der Waals surface area (Å²) in [5.41, 5.74) is 9.77. The van der Waals surface area contributed by atoms with Gasteiger partial charge in [0.15, 0.2) is 0 Å². The van der Waals surface area contributed by atoms with E-state index in [0.29, 0.717) is 0 Å². The van der Waals surface area contributed by atoms with Crippen LogP contribution in [0.25, 0.3) is 44.2 Å². The van der Waals surface area contributed by atoms with E-state index in [0.717, 1.165) is 55.6 Å². The molecule has 1 fully saturated rings. The van der Waals surface area contributed by atoms with Gasteiger partial charge in [-0.1, -0.05) is 103 Å². The molecule has 0 aliphatic carbocycles. The molecule has 1 aliphatic heterocycles. The predicted octanol–water partition coefficient (Wildman–Crippen LogP) is 10.7. The number of hydrogen-bond donors (Lipinski definition) is 0. The van der Waals surface area contributed by atoms with Crippen molar-refractivity contribution in [3.8, 4) is 22.3 Å². The molecule has 6 aromatic carbocycles. The molecular weight excluding hydrogens is 577 g/mol. The summed E-state index contributed by atoms with van der Waals surface area (Å²) in [6.45, 7) is 8.34. The molecule has 0 spiro atoms. The van der Waals surface area contributed by atoms with E-state index >= 15 is 0 Å². The standard InChI is InChI=1S/C42H36BNO3/c1-41(2)42(3,4)47-43(46-41)32-21-27-35(28-22-32)44(33-23-17-30(18-24-33)29-11-6-5-7-12-29)34-25-19-31(20-26-34)36-14-10-15-38-37-13-8-9-16-39(37)45-40(36)38/h5-28H,1-4H3. The van der Waals surface area contributed by atoms with Gasteiger partial charge < -0.3 is 18.6 Å². The maximum atomic E-state index is 6.35. The van der Waals surface area contributed by atoms with Gasteiger partial charge in [0.2, 0.25) is 0 Å². The molecule has 0 radical (unpaired) electrons. The number of rotatable bonds is 6. The highest BCUT2D eigenvalue weighted by Gasteiger charge is 2.51. The van der Waals surface area contributed by atoms with Crippen molar-refractivity contribution in [1.29, 1.82) is 0 Å². The number of fused-ring (bicyclic) bond motifs is 3. The number of para-hydroxylation sites is 2. The monoisotopic (exact) mass is 613 g/mol. The first kappa shape index (κ1) is 29.3. The van der Waals surface area contributed by atoms with Crippen LogP contribution in [0.2, 0.25) is 0 Å². The van der Waals surface area contributed by atoms with Crippen LogP contribution in [0.5, 0.6) is 0 Å². The number of benzene rings is 6. The van der Waals surface area contributed by atoms with Gasteiger partial charge in [-0.05, 0) is 92.3 Å². The predicted molar refractivity (Wildman–Crippen MR) is 195 cm³/mol. The molecule has 5 heteroatoms. The minimum atomic E-state index is -0.409. The summed E-state index contributed by atoms with van der Waals surface area (Å²) in [6.07, 6.45) is 0. The number of hydrogen-bond acceptors (Lipinski definition) is 4. The van der Waals surface area contributed by atoms with Crippen molar-refractivity contribution in [2.24, 2.45) is 0 Å². The summed E-state index contributed by atoms with van der Waals surface area (Å²) >= 11 is 0. The van der Waals surface area contributed by atoms with E-state index in [1.807, 2.05) is 18.2 Å². The summed E-state index contributed by atoms with van der Waals surface area (Å²) in [4.78, 5) is 2.29. The molecule has 0 unspecified atom stereocenters. The van der Waals surface area contributed by atoms with E-state index < -0.39 is 18.3 Å². The zero-order valence-corrected chi connectivity index (χ0v) is 27.1. The third-order valence-electron chi connectivity index (χ3n) is 9.75. The van der Waals surface area contributed by atoms with Crippen molar-refractivity contribution < 1.29 is 13.7 Å². The van der Waals surface area contributed by atoms with Crippen molar-refractivity contribution in [2.75, 3.05) is 4.90 Å². The average molecular weight is 614 g/mol. The molecule has 0 N–H and O–H groups in total. The SMILES string of the molecule is CC1(C)OB(c2ccc(N(c3ccc(-c4ccccc4)cc3)c3ccc(-c4cccc5c4oc4ccccc45)cc3)cc2)OC1(C)C. The minimum Gasteiger partial charge on any atom is -0.455 e. The summed E-state index contributed by atoms with van der Waals surface area (Å²) in [6, 6.07) is 51.1. The first-order chi connectivity index (χ1) is 22.8. The summed E-state index contributed by atoms with van der Waals surface area (Å²) in [5, 5.41) is 2.26. The van der Waals surface area contributed by atoms with Gasteiger partial charge >= 0.3 is 7.12 Å². The number of furan rings is 1. The Morgan fingerprint density at radius 3 is 1.62 bits per heavy atom. The van der Waals surface area contributed by atoms with Crippen LogP contribution in [0, 0.1) is 0 Å². The Morgan fingerprint density at radius 1 is 0.468 bits per heavy atom. The lowest BCUT2D eigenvalue weighted by molar-refractivity contribution is 0.00578. The third-order valence-corrected chi connectivity index (χ3v) is 9.75. The van der Waals surface area contributed by atoms with E-state index in [4.69, 9.17) is 13.7 Å². The highest BCUT2D eigenvalue weighted by Crippen LogP contribution is 2.40. The second-order valence-electron chi connectivity index (χ2n) is 13.3. The Bertz CT molecular complexity index is 2170. The Kier molecular flexibility index (Phi) is 7.05. The zero-order valence-electron chi connectivity index (χ0n) is 27.1. The smallest absolute Gasteiger partial charge is 0.455 e. The van der Waals surface area contributed by atoms with Gasteiger partial charge in [-0.25, -0.2) is 0 Å². The average Bonchev–Trinajstić information content (AvgIpc) is 3.58. The Labute approximate surface area is 276 Å². The fraction of sp³-hybridized carbons (Fsp3) is 0.143. The molecule has 2 heterocycles. The highest BCUT2D eigenvalue weighted by atomic mass is 16.7. The Balaban J connectivity index is 1.17. The van der Waals surface area contributed by atoms with Gasteiger partial charge in [0.1, 0.15) is 11.2 Å². The van der Waals surface area contributed by atoms with E-state index in [9.17, 15) is 0 Å². The molecule has 1 aromatic heterocycles. The van der Waals surface area contributed by atoms with Gasteiger partial charge in [0.05, 0.1) is 11.2 Å². The van der Waals surface area contributed by atoms with E-state index in [1.165, 1.54) is 11.1 Å². The molecule has 230 valence electrons. The minimum absolute atomic E-state index is 0.392. The van der Waals surface area contributed by atoms with E-state index in [-0.39, 0.29) is 0 Å². The molecule has 1 saturated heterocycles. The van der Waals surface area contributed by atoms with Crippen molar-refractivity contribution in [2.45, 2.75) is 38.9 Å². The van der Waals surface area contributed by atoms with Gasteiger partial charge in [-0.2, -0.15) is 0 Å². The van der Waals surface area contributed by atoms with Crippen LogP contribution in [0.1, 0.15) is 27.7 Å². The molecule has 0 atom stereocenters. The molecule has 1 aliphatic rings. The largest absolute Gasteiger partial charge is 0.494 e. The number of nitrogens with zero attached hydrogens (tertiary/aromatic N) is 1. The van der Waals surface area contributed by atoms with Crippen LogP contribution in [0.3, 0.4) is 0 Å². The van der Waals surface area contributed by atoms with Crippen LogP contribution in [-0.4, -0.2) is 18.3 Å². The first-order valence-corrected chi connectivity index (χ1v) is 16.2. The fourth-order valence-electron chi connectivity index (χ4n) is 6.40. The fourth-order valence-corrected chi connectivity index (χ4v) is 6.40. The van der Waals surface area contributed by atoms with Crippen LogP contribution in [0.4, 0.5) is 17.1 Å². The molecule has 0 amide bonds. The quantitative estimate of drug-likeness (QED) is 0.175. The maximum Gasteiger partial charge on any atom is 0.494 e. The van der Waals surface area contributed by atoms with Gasteiger partial charge in [-0.3, -0.25) is 0 Å². The number of anilines is 3. The van der Waals surface area contributed by atoms with E-state index in [1.54, 1.807) is 0 Å². The normalized spacial score (nSPS) is 15.4. The van der Waals surface area contributed by atoms with Crippen LogP contribution >= 0.6 is 0 Å². The zero-order chi connectivity index (χ0) is 32.2. The van der Waals surface area contributed by atoms with Gasteiger partial charge in [0.25, 0.3) is 0 Å². The van der Waals surface area contributed by atoms with Gasteiger partial charge in [0, 0.05) is 33.4 Å². The molecule has 0 saturated carbocycles. The van der Waals surface area contributed by atoms with Crippen molar-refractivity contribution in [3.05, 3.63) is 146 Å². The topological polar surface area (TPSA) is 34.8 Å². The van der Waals surface area contributed by atoms with Crippen molar-refractivity contribution >= 4 is 51.6 Å². The summed E-state index contributed by atoms with van der Waals surface area (Å²) < 4.78 is 19.0. The molecule has 4 nitrogen and oxygen atoms in total. The second-order valence-corrected chi connectivity index (χ2v) is 13.3. The van der Waals surface area contributed by atoms with Crippen molar-refractivity contribution in [3.63, 3.8) is 0 Å². The van der Waals surface area contributed by atoms with Crippen LogP contribution in [-0.2, 0) is 9.31 Å². The molecule has 0 bridgehead atoms. The highest BCUT2D eigenvalue weighted by molar-refractivity contribution is 6.62. The van der Waals surface area contributed by atoms with Crippen molar-refractivity contribution in [1.82, 2.24) is 0 Å². The molecule has 7 aromatic rings. The molecular formula is C42H36BNO3. The third kappa shape index (κ3) is 5.22. The lowest BCUT2D eigenvalue weighted by Gasteiger charge is -2.32. The Hall–Kier alpha value is -5.10. The Morgan fingerprint density at radius 2 is 0.979 bits per heavy atom.